The van der Waals surface area contributed by atoms with Crippen molar-refractivity contribution in [2.24, 2.45) is 10.7 Å². The highest BCUT2D eigenvalue weighted by Crippen LogP contribution is 2.25. The summed E-state index contributed by atoms with van der Waals surface area (Å²) in [7, 11) is 1.61. The molecule has 0 fully saturated rings. The summed E-state index contributed by atoms with van der Waals surface area (Å²) in [6.45, 7) is 1.99. The molecule has 0 aliphatic carbocycles. The van der Waals surface area contributed by atoms with E-state index >= 15 is 0 Å². The average molecular weight is 428 g/mol. The van der Waals surface area contributed by atoms with Crippen LogP contribution in [0.2, 0.25) is 0 Å². The molecule has 0 spiro atoms. The second-order valence-corrected chi connectivity index (χ2v) is 7.84. The van der Waals surface area contributed by atoms with Crippen LogP contribution >= 0.6 is 11.3 Å². The van der Waals surface area contributed by atoms with Crippen molar-refractivity contribution in [1.82, 2.24) is 15.3 Å². The number of benzene rings is 2. The van der Waals surface area contributed by atoms with Gasteiger partial charge >= 0.3 is 0 Å². The molecular formula is C24H21N5OS. The largest absolute Gasteiger partial charge is 0.398 e. The molecule has 0 saturated heterocycles. The first-order chi connectivity index (χ1) is 15.0. The number of hydrogen-bond acceptors (Lipinski definition) is 6. The fourth-order valence-corrected chi connectivity index (χ4v) is 3.83. The van der Waals surface area contributed by atoms with Crippen LogP contribution in [0.4, 0.5) is 0 Å². The average Bonchev–Trinajstić information content (AvgIpc) is 3.33. The molecule has 2 heterocycles. The third-order valence-electron chi connectivity index (χ3n) is 4.86. The highest BCUT2D eigenvalue weighted by atomic mass is 32.1. The van der Waals surface area contributed by atoms with Crippen molar-refractivity contribution in [3.05, 3.63) is 89.1 Å². The van der Waals surface area contributed by atoms with Gasteiger partial charge in [-0.3, -0.25) is 14.8 Å². The highest BCUT2D eigenvalue weighted by molar-refractivity contribution is 7.13. The number of nitrogens with zero attached hydrogens (tertiary/aromatic N) is 3. The van der Waals surface area contributed by atoms with E-state index in [0.29, 0.717) is 17.1 Å². The first kappa shape index (κ1) is 20.4. The molecule has 154 valence electrons. The first-order valence-corrected chi connectivity index (χ1v) is 10.5. The van der Waals surface area contributed by atoms with Gasteiger partial charge in [0.25, 0.3) is 5.91 Å². The monoisotopic (exact) mass is 427 g/mol. The molecule has 0 bridgehead atoms. The van der Waals surface area contributed by atoms with Crippen LogP contribution in [-0.2, 0) is 0 Å². The number of nitrogens with one attached hydrogen (secondary N) is 1. The zero-order valence-electron chi connectivity index (χ0n) is 17.2. The summed E-state index contributed by atoms with van der Waals surface area (Å²) in [5, 5.41) is 6.61. The molecule has 1 amide bonds. The smallest absolute Gasteiger partial charge is 0.256 e. The zero-order valence-corrected chi connectivity index (χ0v) is 18.0. The predicted molar refractivity (Wildman–Crippen MR) is 127 cm³/mol. The molecule has 2 aromatic heterocycles. The number of rotatable bonds is 4. The summed E-state index contributed by atoms with van der Waals surface area (Å²) in [6.07, 6.45) is 5.21. The summed E-state index contributed by atoms with van der Waals surface area (Å²) >= 11 is 1.56. The van der Waals surface area contributed by atoms with Crippen LogP contribution in [0.3, 0.4) is 0 Å². The second kappa shape index (κ2) is 8.89. The number of carbonyl (C=O) groups excluding carboxylic acids is 1. The van der Waals surface area contributed by atoms with Crippen LogP contribution in [0, 0.1) is 6.92 Å². The summed E-state index contributed by atoms with van der Waals surface area (Å²) in [4.78, 5) is 25.8. The number of aromatic nitrogens is 2. The van der Waals surface area contributed by atoms with E-state index in [0.717, 1.165) is 32.6 Å². The molecule has 3 N–H and O–H groups in total. The molecule has 0 aliphatic rings. The number of aryl methyl sites for hydroxylation is 1. The van der Waals surface area contributed by atoms with E-state index in [-0.39, 0.29) is 5.91 Å². The van der Waals surface area contributed by atoms with E-state index in [1.807, 2.05) is 48.7 Å². The van der Waals surface area contributed by atoms with E-state index in [4.69, 9.17) is 5.73 Å². The second-order valence-electron chi connectivity index (χ2n) is 6.95. The normalized spacial score (nSPS) is 12.2. The van der Waals surface area contributed by atoms with Crippen molar-refractivity contribution in [1.29, 1.82) is 0 Å². The third kappa shape index (κ3) is 4.51. The van der Waals surface area contributed by atoms with E-state index < -0.39 is 0 Å². The molecule has 4 aromatic rings. The lowest BCUT2D eigenvalue weighted by atomic mass is 10.1. The van der Waals surface area contributed by atoms with Crippen molar-refractivity contribution >= 4 is 39.7 Å². The van der Waals surface area contributed by atoms with Gasteiger partial charge < -0.3 is 11.1 Å². The first-order valence-electron chi connectivity index (χ1n) is 9.66. The minimum atomic E-state index is -0.276. The minimum Gasteiger partial charge on any atom is -0.398 e. The quantitative estimate of drug-likeness (QED) is 0.372. The fourth-order valence-electron chi connectivity index (χ4n) is 3.21. The van der Waals surface area contributed by atoms with Crippen molar-refractivity contribution in [3.8, 4) is 10.6 Å². The van der Waals surface area contributed by atoms with Crippen molar-refractivity contribution < 1.29 is 4.79 Å². The van der Waals surface area contributed by atoms with Gasteiger partial charge in [-0.15, -0.1) is 11.3 Å². The molecule has 0 atom stereocenters. The van der Waals surface area contributed by atoms with Gasteiger partial charge in [0.1, 0.15) is 10.8 Å². The van der Waals surface area contributed by atoms with E-state index in [1.54, 1.807) is 49.0 Å². The SMILES string of the molecule is CN=C(/C=C(\N)c1ccccc1C)NC(=O)c1ccc2cc(-c3nccs3)cnc2c1. The number of fused-ring (bicyclic) bond motifs is 1. The molecule has 31 heavy (non-hydrogen) atoms. The van der Waals surface area contributed by atoms with Gasteiger partial charge in [0.05, 0.1) is 5.52 Å². The molecule has 0 unspecified atom stereocenters. The zero-order chi connectivity index (χ0) is 21.8. The summed E-state index contributed by atoms with van der Waals surface area (Å²) in [5.74, 6) is 0.111. The Morgan fingerprint density at radius 3 is 2.74 bits per heavy atom. The Morgan fingerprint density at radius 2 is 2.00 bits per heavy atom. The summed E-state index contributed by atoms with van der Waals surface area (Å²) in [5.41, 5.74) is 10.9. The Bertz CT molecular complexity index is 1310. The maximum atomic E-state index is 12.8. The van der Waals surface area contributed by atoms with E-state index in [9.17, 15) is 4.79 Å². The Kier molecular flexibility index (Phi) is 5.86. The lowest BCUT2D eigenvalue weighted by Crippen LogP contribution is -2.29. The van der Waals surface area contributed by atoms with E-state index in [1.165, 1.54) is 0 Å². The van der Waals surface area contributed by atoms with Crippen molar-refractivity contribution in [2.75, 3.05) is 7.05 Å². The van der Waals surface area contributed by atoms with Crippen molar-refractivity contribution in [2.45, 2.75) is 6.92 Å². The van der Waals surface area contributed by atoms with Crippen LogP contribution in [0.1, 0.15) is 21.5 Å². The third-order valence-corrected chi connectivity index (χ3v) is 5.68. The lowest BCUT2D eigenvalue weighted by Gasteiger charge is -2.09. The molecule has 6 nitrogen and oxygen atoms in total. The van der Waals surface area contributed by atoms with E-state index in [2.05, 4.69) is 20.3 Å². The number of nitrogens with two attached hydrogens (primary N) is 1. The predicted octanol–water partition coefficient (Wildman–Crippen LogP) is 4.42. The highest BCUT2D eigenvalue weighted by Gasteiger charge is 2.11. The van der Waals surface area contributed by atoms with Crippen molar-refractivity contribution in [3.63, 3.8) is 0 Å². The number of carbonyl (C=O) groups is 1. The number of thiazole rings is 1. The molecular weight excluding hydrogens is 406 g/mol. The van der Waals surface area contributed by atoms with Crippen LogP contribution in [0.25, 0.3) is 27.2 Å². The Labute approximate surface area is 184 Å². The van der Waals surface area contributed by atoms with Gasteiger partial charge in [-0.05, 0) is 30.7 Å². The number of amides is 1. The number of hydrogen-bond donors (Lipinski definition) is 2. The Balaban J connectivity index is 1.55. The molecule has 0 aliphatic heterocycles. The van der Waals surface area contributed by atoms with Gasteiger partial charge in [-0.1, -0.05) is 30.3 Å². The molecule has 0 radical (unpaired) electrons. The molecule has 2 aromatic carbocycles. The van der Waals surface area contributed by atoms with Gasteiger partial charge in [-0.2, -0.15) is 0 Å². The van der Waals surface area contributed by atoms with Crippen LogP contribution < -0.4 is 11.1 Å². The maximum Gasteiger partial charge on any atom is 0.256 e. The van der Waals surface area contributed by atoms with Gasteiger partial charge in [0.2, 0.25) is 0 Å². The van der Waals surface area contributed by atoms with Crippen LogP contribution in [0.15, 0.2) is 77.4 Å². The van der Waals surface area contributed by atoms with Gasteiger partial charge in [0.15, 0.2) is 0 Å². The lowest BCUT2D eigenvalue weighted by molar-refractivity contribution is 0.0977. The minimum absolute atomic E-state index is 0.276. The maximum absolute atomic E-state index is 12.8. The standard InChI is InChI=1S/C24H21N5OS/c1-15-5-3-4-6-19(15)20(25)13-22(26-2)29-23(30)17-8-7-16-11-18(14-28-21(16)12-17)24-27-9-10-31-24/h3-14H,25H2,1-2H3,(H,26,29,30)/b20-13-. The topological polar surface area (TPSA) is 93.3 Å². The van der Waals surface area contributed by atoms with Crippen LogP contribution in [0.5, 0.6) is 0 Å². The number of pyridine rings is 1. The fraction of sp³-hybridized carbons (Fsp3) is 0.0833. The van der Waals surface area contributed by atoms with Gasteiger partial charge in [0, 0.05) is 58.7 Å². The number of aliphatic imine (C=N–C) groups is 1. The summed E-state index contributed by atoms with van der Waals surface area (Å²) < 4.78 is 0. The molecule has 4 rings (SSSR count). The van der Waals surface area contributed by atoms with Gasteiger partial charge in [-0.25, -0.2) is 4.98 Å². The Morgan fingerprint density at radius 1 is 1.16 bits per heavy atom. The van der Waals surface area contributed by atoms with Crippen LogP contribution in [-0.4, -0.2) is 28.8 Å². The Hall–Kier alpha value is -3.84. The number of amidine groups is 1. The molecule has 7 heteroatoms. The summed E-state index contributed by atoms with van der Waals surface area (Å²) in [6, 6.07) is 15.2. The molecule has 0 saturated carbocycles.